The van der Waals surface area contributed by atoms with Crippen molar-refractivity contribution >= 4 is 29.9 Å². The zero-order valence-electron chi connectivity index (χ0n) is 14.3. The van der Waals surface area contributed by atoms with Crippen molar-refractivity contribution in [2.24, 2.45) is 16.8 Å². The van der Waals surface area contributed by atoms with E-state index < -0.39 is 0 Å². The standard InChI is InChI=1S/C17H32N4.HI/c1-3-18-17(20-9-6-14(2)7-10-20)19-12-15-8-11-21(13-15)16-4-5-16;/h14-16H,3-13H2,1-2H3,(H,18,19);1H. The molecule has 4 nitrogen and oxygen atoms in total. The van der Waals surface area contributed by atoms with Crippen molar-refractivity contribution in [3.05, 3.63) is 0 Å². The number of piperidine rings is 1. The zero-order valence-corrected chi connectivity index (χ0v) is 16.6. The molecule has 1 unspecified atom stereocenters. The molecular weight excluding hydrogens is 387 g/mol. The molecule has 2 saturated heterocycles. The van der Waals surface area contributed by atoms with Gasteiger partial charge in [0.25, 0.3) is 0 Å². The third kappa shape index (κ3) is 4.98. The molecule has 2 heterocycles. The van der Waals surface area contributed by atoms with Crippen molar-refractivity contribution in [2.75, 3.05) is 39.3 Å². The van der Waals surface area contributed by atoms with Crippen LogP contribution in [0.3, 0.4) is 0 Å². The van der Waals surface area contributed by atoms with Crippen molar-refractivity contribution in [3.63, 3.8) is 0 Å². The molecule has 0 aromatic carbocycles. The number of guanidine groups is 1. The monoisotopic (exact) mass is 420 g/mol. The molecule has 2 aliphatic heterocycles. The molecule has 1 N–H and O–H groups in total. The molecule has 1 aliphatic carbocycles. The highest BCUT2D eigenvalue weighted by molar-refractivity contribution is 14.0. The summed E-state index contributed by atoms with van der Waals surface area (Å²) >= 11 is 0. The zero-order chi connectivity index (χ0) is 14.7. The first-order chi connectivity index (χ1) is 10.3. The van der Waals surface area contributed by atoms with E-state index in [9.17, 15) is 0 Å². The van der Waals surface area contributed by atoms with Gasteiger partial charge >= 0.3 is 0 Å². The predicted molar refractivity (Wildman–Crippen MR) is 104 cm³/mol. The summed E-state index contributed by atoms with van der Waals surface area (Å²) in [6.07, 6.45) is 6.83. The predicted octanol–water partition coefficient (Wildman–Crippen LogP) is 2.79. The SMILES string of the molecule is CCNC(=NCC1CCN(C2CC2)C1)N1CCC(C)CC1.I. The van der Waals surface area contributed by atoms with E-state index in [1.165, 1.54) is 58.3 Å². The first kappa shape index (κ1) is 18.3. The van der Waals surface area contributed by atoms with Crippen LogP contribution in [0, 0.1) is 11.8 Å². The molecule has 0 aromatic heterocycles. The van der Waals surface area contributed by atoms with Crippen molar-refractivity contribution in [1.82, 2.24) is 15.1 Å². The van der Waals surface area contributed by atoms with Gasteiger partial charge in [-0.1, -0.05) is 6.92 Å². The summed E-state index contributed by atoms with van der Waals surface area (Å²) in [6, 6.07) is 0.927. The molecule has 0 aromatic rings. The fraction of sp³-hybridized carbons (Fsp3) is 0.941. The first-order valence-corrected chi connectivity index (χ1v) is 9.03. The molecule has 3 rings (SSSR count). The molecule has 22 heavy (non-hydrogen) atoms. The highest BCUT2D eigenvalue weighted by Crippen LogP contribution is 2.31. The van der Waals surface area contributed by atoms with Crippen molar-refractivity contribution in [1.29, 1.82) is 0 Å². The van der Waals surface area contributed by atoms with E-state index >= 15 is 0 Å². The van der Waals surface area contributed by atoms with Crippen LogP contribution in [0.1, 0.15) is 46.0 Å². The lowest BCUT2D eigenvalue weighted by Crippen LogP contribution is -2.45. The van der Waals surface area contributed by atoms with E-state index in [0.29, 0.717) is 0 Å². The second kappa shape index (κ2) is 8.71. The number of hydrogen-bond acceptors (Lipinski definition) is 2. The van der Waals surface area contributed by atoms with Crippen LogP contribution < -0.4 is 5.32 Å². The highest BCUT2D eigenvalue weighted by atomic mass is 127. The number of rotatable bonds is 4. The van der Waals surface area contributed by atoms with Gasteiger partial charge in [-0.25, -0.2) is 0 Å². The molecule has 0 radical (unpaired) electrons. The Hall–Kier alpha value is -0.0400. The van der Waals surface area contributed by atoms with Gasteiger partial charge in [-0.05, 0) is 57.4 Å². The van der Waals surface area contributed by atoms with Crippen molar-refractivity contribution < 1.29 is 0 Å². The maximum absolute atomic E-state index is 4.96. The molecule has 5 heteroatoms. The van der Waals surface area contributed by atoms with Crippen LogP contribution >= 0.6 is 24.0 Å². The van der Waals surface area contributed by atoms with Crippen LogP contribution in [-0.2, 0) is 0 Å². The fourth-order valence-electron chi connectivity index (χ4n) is 3.64. The lowest BCUT2D eigenvalue weighted by molar-refractivity contribution is 0.272. The number of halogens is 1. The smallest absolute Gasteiger partial charge is 0.193 e. The van der Waals surface area contributed by atoms with E-state index in [-0.39, 0.29) is 24.0 Å². The summed E-state index contributed by atoms with van der Waals surface area (Å²) < 4.78 is 0. The van der Waals surface area contributed by atoms with Crippen LogP contribution in [0.2, 0.25) is 0 Å². The van der Waals surface area contributed by atoms with Gasteiger partial charge in [0.05, 0.1) is 0 Å². The second-order valence-electron chi connectivity index (χ2n) is 7.25. The number of nitrogens with zero attached hydrogens (tertiary/aromatic N) is 3. The van der Waals surface area contributed by atoms with E-state index in [2.05, 4.69) is 29.0 Å². The van der Waals surface area contributed by atoms with Gasteiger partial charge in [-0.2, -0.15) is 0 Å². The Morgan fingerprint density at radius 3 is 2.45 bits per heavy atom. The minimum atomic E-state index is 0. The summed E-state index contributed by atoms with van der Waals surface area (Å²) in [5.41, 5.74) is 0. The van der Waals surface area contributed by atoms with E-state index in [1.807, 2.05) is 0 Å². The lowest BCUT2D eigenvalue weighted by atomic mass is 9.99. The van der Waals surface area contributed by atoms with Gasteiger partial charge in [0.1, 0.15) is 0 Å². The Bertz CT molecular complexity index is 362. The Balaban J connectivity index is 0.00000176. The van der Waals surface area contributed by atoms with Crippen LogP contribution in [0.25, 0.3) is 0 Å². The van der Waals surface area contributed by atoms with Crippen LogP contribution in [0.4, 0.5) is 0 Å². The molecule has 1 saturated carbocycles. The third-order valence-corrected chi connectivity index (χ3v) is 5.30. The molecule has 128 valence electrons. The van der Waals surface area contributed by atoms with E-state index in [4.69, 9.17) is 4.99 Å². The second-order valence-corrected chi connectivity index (χ2v) is 7.25. The number of nitrogens with one attached hydrogen (secondary N) is 1. The van der Waals surface area contributed by atoms with Crippen LogP contribution in [0.15, 0.2) is 4.99 Å². The Kier molecular flexibility index (Phi) is 7.25. The number of likely N-dealkylation sites (tertiary alicyclic amines) is 2. The molecule has 0 amide bonds. The molecule has 3 aliphatic rings. The first-order valence-electron chi connectivity index (χ1n) is 9.03. The maximum Gasteiger partial charge on any atom is 0.193 e. The summed E-state index contributed by atoms with van der Waals surface area (Å²) in [4.78, 5) is 10.1. The average molecular weight is 420 g/mol. The molecule has 3 fully saturated rings. The summed E-state index contributed by atoms with van der Waals surface area (Å²) in [5.74, 6) is 2.82. The average Bonchev–Trinajstić information content (AvgIpc) is 3.24. The molecule has 0 bridgehead atoms. The van der Waals surface area contributed by atoms with E-state index in [1.54, 1.807) is 0 Å². The Morgan fingerprint density at radius 2 is 1.82 bits per heavy atom. The van der Waals surface area contributed by atoms with Gasteiger partial charge < -0.3 is 15.1 Å². The highest BCUT2D eigenvalue weighted by Gasteiger charge is 2.34. The minimum absolute atomic E-state index is 0. The number of hydrogen-bond donors (Lipinski definition) is 1. The van der Waals surface area contributed by atoms with E-state index in [0.717, 1.165) is 36.9 Å². The maximum atomic E-state index is 4.96. The van der Waals surface area contributed by atoms with Gasteiger partial charge in [-0.3, -0.25) is 4.99 Å². The van der Waals surface area contributed by atoms with Gasteiger partial charge in [-0.15, -0.1) is 24.0 Å². The molecule has 1 atom stereocenters. The molecule has 0 spiro atoms. The minimum Gasteiger partial charge on any atom is -0.357 e. The lowest BCUT2D eigenvalue weighted by Gasteiger charge is -2.33. The van der Waals surface area contributed by atoms with Gasteiger partial charge in [0.15, 0.2) is 5.96 Å². The quantitative estimate of drug-likeness (QED) is 0.431. The van der Waals surface area contributed by atoms with Crippen molar-refractivity contribution in [2.45, 2.75) is 52.0 Å². The number of aliphatic imine (C=N–C) groups is 1. The fourth-order valence-corrected chi connectivity index (χ4v) is 3.64. The topological polar surface area (TPSA) is 30.9 Å². The van der Waals surface area contributed by atoms with Crippen molar-refractivity contribution in [3.8, 4) is 0 Å². The summed E-state index contributed by atoms with van der Waals surface area (Å²) in [7, 11) is 0. The molecular formula is C17H33IN4. The normalized spacial score (nSPS) is 27.8. The summed E-state index contributed by atoms with van der Waals surface area (Å²) in [5, 5.41) is 3.50. The third-order valence-electron chi connectivity index (χ3n) is 5.30. The van der Waals surface area contributed by atoms with Gasteiger partial charge in [0, 0.05) is 38.8 Å². The summed E-state index contributed by atoms with van der Waals surface area (Å²) in [6.45, 7) is 11.5. The van der Waals surface area contributed by atoms with Gasteiger partial charge in [0.2, 0.25) is 0 Å². The van der Waals surface area contributed by atoms with Crippen LogP contribution in [0.5, 0.6) is 0 Å². The Labute approximate surface area is 153 Å². The largest absolute Gasteiger partial charge is 0.357 e. The van der Waals surface area contributed by atoms with Crippen LogP contribution in [-0.4, -0.2) is 61.1 Å². The Morgan fingerprint density at radius 1 is 1.09 bits per heavy atom.